The molecule has 0 radical (unpaired) electrons. The number of nitrogens with zero attached hydrogens (tertiary/aromatic N) is 1. The molecule has 1 N–H and O–H groups in total. The van der Waals surface area contributed by atoms with Gasteiger partial charge in [-0.25, -0.2) is 0 Å². The molecule has 28 heavy (non-hydrogen) atoms. The van der Waals surface area contributed by atoms with E-state index in [1.54, 1.807) is 7.11 Å². The second kappa shape index (κ2) is 12.9. The van der Waals surface area contributed by atoms with Crippen molar-refractivity contribution in [2.75, 3.05) is 26.8 Å². The van der Waals surface area contributed by atoms with Crippen molar-refractivity contribution in [3.05, 3.63) is 59.7 Å². The van der Waals surface area contributed by atoms with Gasteiger partial charge in [0.25, 0.3) is 0 Å². The van der Waals surface area contributed by atoms with Crippen molar-refractivity contribution in [3.63, 3.8) is 0 Å². The van der Waals surface area contributed by atoms with E-state index in [9.17, 15) is 0 Å². The molecule has 0 amide bonds. The summed E-state index contributed by atoms with van der Waals surface area (Å²) in [6.45, 7) is 6.86. The Balaban J connectivity index is 0.00000196. The molecule has 0 aliphatic carbocycles. The van der Waals surface area contributed by atoms with Gasteiger partial charge in [-0.15, -0.1) is 24.8 Å². The lowest BCUT2D eigenvalue weighted by atomic mass is 10.0. The minimum atomic E-state index is 0. The van der Waals surface area contributed by atoms with Gasteiger partial charge in [-0.3, -0.25) is 4.90 Å². The SMILES string of the molecule is CCOc1ccc(CNC2CCN(Cc3ccccc3)CC2)cc1OC.Cl.Cl. The molecule has 156 valence electrons. The van der Waals surface area contributed by atoms with Gasteiger partial charge in [-0.1, -0.05) is 36.4 Å². The summed E-state index contributed by atoms with van der Waals surface area (Å²) >= 11 is 0. The van der Waals surface area contributed by atoms with Gasteiger partial charge in [-0.05, 0) is 56.1 Å². The van der Waals surface area contributed by atoms with E-state index in [2.05, 4.69) is 52.7 Å². The van der Waals surface area contributed by atoms with Gasteiger partial charge in [-0.2, -0.15) is 0 Å². The summed E-state index contributed by atoms with van der Waals surface area (Å²) in [6, 6.07) is 17.5. The van der Waals surface area contributed by atoms with E-state index in [0.717, 1.165) is 37.7 Å². The third kappa shape index (κ3) is 7.17. The number of halogens is 2. The van der Waals surface area contributed by atoms with Crippen LogP contribution in [-0.4, -0.2) is 37.7 Å². The summed E-state index contributed by atoms with van der Waals surface area (Å²) in [7, 11) is 1.69. The maximum atomic E-state index is 5.59. The molecule has 0 bridgehead atoms. The summed E-state index contributed by atoms with van der Waals surface area (Å²) in [5, 5.41) is 3.70. The Morgan fingerprint density at radius 1 is 0.964 bits per heavy atom. The fourth-order valence-electron chi connectivity index (χ4n) is 3.50. The predicted molar refractivity (Wildman–Crippen MR) is 120 cm³/mol. The predicted octanol–water partition coefficient (Wildman–Crippen LogP) is 4.69. The van der Waals surface area contributed by atoms with Gasteiger partial charge >= 0.3 is 0 Å². The number of nitrogens with one attached hydrogen (secondary N) is 1. The largest absolute Gasteiger partial charge is 0.493 e. The normalized spacial score (nSPS) is 14.6. The van der Waals surface area contributed by atoms with Crippen LogP contribution in [0.5, 0.6) is 11.5 Å². The Bertz CT molecular complexity index is 677. The van der Waals surface area contributed by atoms with Gasteiger partial charge in [0.05, 0.1) is 13.7 Å². The molecular formula is C22H32Cl2N2O2. The smallest absolute Gasteiger partial charge is 0.161 e. The number of rotatable bonds is 8. The molecule has 1 saturated heterocycles. The van der Waals surface area contributed by atoms with Crippen molar-refractivity contribution in [2.24, 2.45) is 0 Å². The zero-order valence-electron chi connectivity index (χ0n) is 16.7. The summed E-state index contributed by atoms with van der Waals surface area (Å²) in [6.07, 6.45) is 2.39. The highest BCUT2D eigenvalue weighted by Crippen LogP contribution is 2.28. The molecular weight excluding hydrogens is 395 g/mol. The summed E-state index contributed by atoms with van der Waals surface area (Å²) in [5.74, 6) is 1.62. The minimum absolute atomic E-state index is 0. The Labute approximate surface area is 181 Å². The minimum Gasteiger partial charge on any atom is -0.493 e. The van der Waals surface area contributed by atoms with Gasteiger partial charge in [0.15, 0.2) is 11.5 Å². The lowest BCUT2D eigenvalue weighted by Crippen LogP contribution is -2.41. The number of likely N-dealkylation sites (tertiary alicyclic amines) is 1. The molecule has 1 heterocycles. The fourth-order valence-corrected chi connectivity index (χ4v) is 3.50. The summed E-state index contributed by atoms with van der Waals surface area (Å²) in [4.78, 5) is 2.55. The summed E-state index contributed by atoms with van der Waals surface area (Å²) in [5.41, 5.74) is 2.64. The number of hydrogen-bond donors (Lipinski definition) is 1. The number of hydrogen-bond acceptors (Lipinski definition) is 4. The Morgan fingerprint density at radius 2 is 1.68 bits per heavy atom. The molecule has 4 nitrogen and oxygen atoms in total. The summed E-state index contributed by atoms with van der Waals surface area (Å²) < 4.78 is 11.0. The van der Waals surface area contributed by atoms with Crippen LogP contribution in [0.3, 0.4) is 0 Å². The standard InChI is InChI=1S/C22H30N2O2.2ClH/c1-3-26-21-10-9-19(15-22(21)25-2)16-23-20-11-13-24(14-12-20)17-18-7-5-4-6-8-18;;/h4-10,15,20,23H,3,11-14,16-17H2,1-2H3;2*1H. The second-order valence-corrected chi connectivity index (χ2v) is 6.84. The van der Waals surface area contributed by atoms with Gasteiger partial charge in [0, 0.05) is 19.1 Å². The average Bonchev–Trinajstić information content (AvgIpc) is 2.69. The highest BCUT2D eigenvalue weighted by Gasteiger charge is 2.19. The molecule has 3 rings (SSSR count). The molecule has 2 aromatic rings. The van der Waals surface area contributed by atoms with Gasteiger partial charge in [0.2, 0.25) is 0 Å². The molecule has 2 aromatic carbocycles. The Hall–Kier alpha value is -1.46. The number of ether oxygens (including phenoxy) is 2. The van der Waals surface area contributed by atoms with E-state index in [1.807, 2.05) is 13.0 Å². The van der Waals surface area contributed by atoms with Crippen LogP contribution in [-0.2, 0) is 13.1 Å². The number of piperidine rings is 1. The van der Waals surface area contributed by atoms with Crippen LogP contribution in [0.1, 0.15) is 30.9 Å². The molecule has 0 unspecified atom stereocenters. The van der Waals surface area contributed by atoms with Crippen LogP contribution in [0.25, 0.3) is 0 Å². The van der Waals surface area contributed by atoms with E-state index >= 15 is 0 Å². The fraction of sp³-hybridized carbons (Fsp3) is 0.455. The molecule has 6 heteroatoms. The first-order valence-corrected chi connectivity index (χ1v) is 9.58. The van der Waals surface area contributed by atoms with E-state index in [-0.39, 0.29) is 24.8 Å². The van der Waals surface area contributed by atoms with Crippen LogP contribution in [0.2, 0.25) is 0 Å². The highest BCUT2D eigenvalue weighted by atomic mass is 35.5. The van der Waals surface area contributed by atoms with Gasteiger partial charge < -0.3 is 14.8 Å². The monoisotopic (exact) mass is 426 g/mol. The van der Waals surface area contributed by atoms with Crippen LogP contribution in [0.4, 0.5) is 0 Å². The molecule has 0 spiro atoms. The molecule has 1 aliphatic rings. The first kappa shape index (κ1) is 24.6. The average molecular weight is 427 g/mol. The Morgan fingerprint density at radius 3 is 2.32 bits per heavy atom. The van der Waals surface area contributed by atoms with Crippen LogP contribution in [0, 0.1) is 0 Å². The zero-order chi connectivity index (χ0) is 18.2. The van der Waals surface area contributed by atoms with Crippen LogP contribution >= 0.6 is 24.8 Å². The van der Waals surface area contributed by atoms with E-state index in [1.165, 1.54) is 24.0 Å². The maximum Gasteiger partial charge on any atom is 0.161 e. The molecule has 0 atom stereocenters. The van der Waals surface area contributed by atoms with Crippen molar-refractivity contribution >= 4 is 24.8 Å². The third-order valence-corrected chi connectivity index (χ3v) is 4.96. The second-order valence-electron chi connectivity index (χ2n) is 6.84. The molecule has 1 aliphatic heterocycles. The Kier molecular flexibility index (Phi) is 11.3. The molecule has 0 aromatic heterocycles. The van der Waals surface area contributed by atoms with Crippen molar-refractivity contribution in [3.8, 4) is 11.5 Å². The highest BCUT2D eigenvalue weighted by molar-refractivity contribution is 5.85. The number of benzene rings is 2. The first-order chi connectivity index (χ1) is 12.8. The van der Waals surface area contributed by atoms with Crippen molar-refractivity contribution in [2.45, 2.75) is 38.9 Å². The topological polar surface area (TPSA) is 33.7 Å². The lowest BCUT2D eigenvalue weighted by Gasteiger charge is -2.32. The van der Waals surface area contributed by atoms with Crippen molar-refractivity contribution in [1.29, 1.82) is 0 Å². The van der Waals surface area contributed by atoms with E-state index in [0.29, 0.717) is 12.6 Å². The zero-order valence-corrected chi connectivity index (χ0v) is 18.4. The number of methoxy groups -OCH3 is 1. The lowest BCUT2D eigenvalue weighted by molar-refractivity contribution is 0.190. The molecule has 1 fully saturated rings. The quantitative estimate of drug-likeness (QED) is 0.663. The third-order valence-electron chi connectivity index (χ3n) is 4.96. The first-order valence-electron chi connectivity index (χ1n) is 9.58. The van der Waals surface area contributed by atoms with Crippen LogP contribution < -0.4 is 14.8 Å². The van der Waals surface area contributed by atoms with E-state index < -0.39 is 0 Å². The van der Waals surface area contributed by atoms with Crippen molar-refractivity contribution < 1.29 is 9.47 Å². The maximum absolute atomic E-state index is 5.59. The van der Waals surface area contributed by atoms with Gasteiger partial charge in [0.1, 0.15) is 0 Å². The van der Waals surface area contributed by atoms with Crippen LogP contribution in [0.15, 0.2) is 48.5 Å². The molecule has 0 saturated carbocycles. The van der Waals surface area contributed by atoms with Crippen molar-refractivity contribution in [1.82, 2.24) is 10.2 Å². The van der Waals surface area contributed by atoms with E-state index in [4.69, 9.17) is 9.47 Å².